The van der Waals surface area contributed by atoms with E-state index in [1.807, 2.05) is 19.1 Å². The zero-order valence-electron chi connectivity index (χ0n) is 11.9. The van der Waals surface area contributed by atoms with Crippen LogP contribution in [0.4, 0.5) is 5.69 Å². The molecule has 0 radical (unpaired) electrons. The topological polar surface area (TPSA) is 57.7 Å². The van der Waals surface area contributed by atoms with Gasteiger partial charge in [0.15, 0.2) is 0 Å². The number of hydrogen-bond acceptors (Lipinski definition) is 3. The highest BCUT2D eigenvalue weighted by atomic mass is 32.2. The predicted octanol–water partition coefficient (Wildman–Crippen LogP) is 1.38. The maximum absolute atomic E-state index is 12.2. The molecule has 5 nitrogen and oxygen atoms in total. The summed E-state index contributed by atoms with van der Waals surface area (Å²) in [5, 5.41) is 0. The number of sulfonamides is 1. The summed E-state index contributed by atoms with van der Waals surface area (Å²) in [6.07, 6.45) is 3.12. The van der Waals surface area contributed by atoms with Gasteiger partial charge in [0.25, 0.3) is 0 Å². The van der Waals surface area contributed by atoms with Crippen LogP contribution in [0.5, 0.6) is 0 Å². The summed E-state index contributed by atoms with van der Waals surface area (Å²) in [4.78, 5) is 13.9. The van der Waals surface area contributed by atoms with E-state index < -0.39 is 10.0 Å². The minimum atomic E-state index is -3.47. The van der Waals surface area contributed by atoms with Crippen LogP contribution in [0.15, 0.2) is 24.3 Å². The molecule has 2 rings (SSSR count). The molecule has 1 aromatic carbocycles. The lowest BCUT2D eigenvalue weighted by Crippen LogP contribution is -2.41. The van der Waals surface area contributed by atoms with Crippen LogP contribution < -0.4 is 4.31 Å². The molecule has 6 heteroatoms. The third-order valence-electron chi connectivity index (χ3n) is 3.46. The van der Waals surface area contributed by atoms with E-state index in [0.717, 1.165) is 37.8 Å². The van der Waals surface area contributed by atoms with Crippen LogP contribution >= 0.6 is 0 Å². The third kappa shape index (κ3) is 3.50. The summed E-state index contributed by atoms with van der Waals surface area (Å²) < 4.78 is 25.0. The molecule has 1 aromatic rings. The van der Waals surface area contributed by atoms with Gasteiger partial charge in [-0.15, -0.1) is 0 Å². The molecule has 0 atom stereocenters. The fraction of sp³-hybridized carbons (Fsp3) is 0.500. The van der Waals surface area contributed by atoms with E-state index in [2.05, 4.69) is 0 Å². The Hall–Kier alpha value is -1.56. The van der Waals surface area contributed by atoms with Crippen LogP contribution in [-0.4, -0.2) is 45.1 Å². The number of aryl methyl sites for hydroxylation is 1. The Bertz CT molecular complexity index is 575. The first kappa shape index (κ1) is 14.8. The molecular weight excluding hydrogens is 276 g/mol. The van der Waals surface area contributed by atoms with Gasteiger partial charge in [0.05, 0.1) is 11.9 Å². The highest BCUT2D eigenvalue weighted by Crippen LogP contribution is 2.19. The summed E-state index contributed by atoms with van der Waals surface area (Å²) in [5.74, 6) is -0.131. The van der Waals surface area contributed by atoms with Gasteiger partial charge in [-0.1, -0.05) is 17.7 Å². The molecule has 0 bridgehead atoms. The van der Waals surface area contributed by atoms with Gasteiger partial charge in [0, 0.05) is 13.1 Å². The number of nitrogens with zero attached hydrogens (tertiary/aromatic N) is 2. The highest BCUT2D eigenvalue weighted by molar-refractivity contribution is 7.92. The molecule has 1 fully saturated rings. The second kappa shape index (κ2) is 5.83. The first-order valence-corrected chi connectivity index (χ1v) is 8.55. The molecule has 0 unspecified atom stereocenters. The molecule has 1 aliphatic heterocycles. The maximum Gasteiger partial charge on any atom is 0.243 e. The lowest BCUT2D eigenvalue weighted by molar-refractivity contribution is -0.128. The minimum Gasteiger partial charge on any atom is -0.341 e. The molecule has 1 heterocycles. The van der Waals surface area contributed by atoms with Crippen LogP contribution in [0.3, 0.4) is 0 Å². The average Bonchev–Trinajstić information content (AvgIpc) is 2.89. The van der Waals surface area contributed by atoms with Gasteiger partial charge >= 0.3 is 0 Å². The van der Waals surface area contributed by atoms with Crippen molar-refractivity contribution >= 4 is 21.6 Å². The summed E-state index contributed by atoms with van der Waals surface area (Å²) >= 11 is 0. The number of anilines is 1. The Morgan fingerprint density at radius 1 is 1.20 bits per heavy atom. The van der Waals surface area contributed by atoms with Crippen molar-refractivity contribution in [2.45, 2.75) is 19.8 Å². The molecule has 0 aliphatic carbocycles. The van der Waals surface area contributed by atoms with Gasteiger partial charge in [-0.2, -0.15) is 0 Å². The Labute approximate surface area is 120 Å². The first-order valence-electron chi connectivity index (χ1n) is 6.70. The maximum atomic E-state index is 12.2. The van der Waals surface area contributed by atoms with Gasteiger partial charge < -0.3 is 4.90 Å². The van der Waals surface area contributed by atoms with Gasteiger partial charge in [-0.3, -0.25) is 9.10 Å². The Kier molecular flexibility index (Phi) is 4.32. The van der Waals surface area contributed by atoms with Crippen molar-refractivity contribution in [2.24, 2.45) is 0 Å². The largest absolute Gasteiger partial charge is 0.341 e. The molecule has 1 aliphatic rings. The fourth-order valence-corrected chi connectivity index (χ4v) is 3.15. The summed E-state index contributed by atoms with van der Waals surface area (Å²) in [6, 6.07) is 7.14. The van der Waals surface area contributed by atoms with Gasteiger partial charge in [-0.25, -0.2) is 8.42 Å². The molecule has 0 N–H and O–H groups in total. The normalized spacial score (nSPS) is 15.4. The second-order valence-electron chi connectivity index (χ2n) is 5.19. The van der Waals surface area contributed by atoms with Crippen LogP contribution in [0.25, 0.3) is 0 Å². The highest BCUT2D eigenvalue weighted by Gasteiger charge is 2.25. The number of amides is 1. The molecule has 20 heavy (non-hydrogen) atoms. The van der Waals surface area contributed by atoms with Gasteiger partial charge in [-0.05, 0) is 31.9 Å². The van der Waals surface area contributed by atoms with Crippen molar-refractivity contribution in [3.05, 3.63) is 29.8 Å². The van der Waals surface area contributed by atoms with Crippen molar-refractivity contribution in [3.63, 3.8) is 0 Å². The lowest BCUT2D eigenvalue weighted by Gasteiger charge is -2.24. The standard InChI is InChI=1S/C14H20N2O3S/c1-12-5-7-13(8-6-12)16(20(2,18)19)11-14(17)15-9-3-4-10-15/h5-8H,3-4,9-11H2,1-2H3. The fourth-order valence-electron chi connectivity index (χ4n) is 2.30. The SMILES string of the molecule is Cc1ccc(N(CC(=O)N2CCCC2)S(C)(=O)=O)cc1. The smallest absolute Gasteiger partial charge is 0.243 e. The van der Waals surface area contributed by atoms with E-state index >= 15 is 0 Å². The monoisotopic (exact) mass is 296 g/mol. The molecule has 1 saturated heterocycles. The van der Waals surface area contributed by atoms with Gasteiger partial charge in [0.2, 0.25) is 15.9 Å². The zero-order valence-corrected chi connectivity index (χ0v) is 12.7. The summed E-state index contributed by atoms with van der Waals surface area (Å²) in [5.41, 5.74) is 1.58. The Morgan fingerprint density at radius 3 is 2.25 bits per heavy atom. The molecule has 0 aromatic heterocycles. The number of carbonyl (C=O) groups excluding carboxylic acids is 1. The number of rotatable bonds is 4. The van der Waals surface area contributed by atoms with Crippen LogP contribution in [-0.2, 0) is 14.8 Å². The van der Waals surface area contributed by atoms with E-state index in [1.54, 1.807) is 17.0 Å². The van der Waals surface area contributed by atoms with Crippen LogP contribution in [0, 0.1) is 6.92 Å². The molecule has 0 saturated carbocycles. The number of benzene rings is 1. The van der Waals surface area contributed by atoms with E-state index in [4.69, 9.17) is 0 Å². The van der Waals surface area contributed by atoms with E-state index in [1.165, 1.54) is 4.31 Å². The first-order chi connectivity index (χ1) is 9.38. The van der Waals surface area contributed by atoms with Gasteiger partial charge in [0.1, 0.15) is 6.54 Å². The molecule has 1 amide bonds. The summed E-state index contributed by atoms with van der Waals surface area (Å²) in [7, 11) is -3.47. The van der Waals surface area contributed by atoms with Crippen LogP contribution in [0.1, 0.15) is 18.4 Å². The molecule has 0 spiro atoms. The van der Waals surface area contributed by atoms with E-state index in [0.29, 0.717) is 5.69 Å². The number of hydrogen-bond donors (Lipinski definition) is 0. The molecular formula is C14H20N2O3S. The van der Waals surface area contributed by atoms with Crippen LogP contribution in [0.2, 0.25) is 0 Å². The Morgan fingerprint density at radius 2 is 1.75 bits per heavy atom. The predicted molar refractivity (Wildman–Crippen MR) is 79.2 cm³/mol. The van der Waals surface area contributed by atoms with Crippen molar-refractivity contribution < 1.29 is 13.2 Å². The zero-order chi connectivity index (χ0) is 14.8. The van der Waals surface area contributed by atoms with Crippen molar-refractivity contribution in [2.75, 3.05) is 30.2 Å². The van der Waals surface area contributed by atoms with E-state index in [9.17, 15) is 13.2 Å². The van der Waals surface area contributed by atoms with Crippen molar-refractivity contribution in [1.82, 2.24) is 4.90 Å². The van der Waals surface area contributed by atoms with Crippen molar-refractivity contribution in [1.29, 1.82) is 0 Å². The average molecular weight is 296 g/mol. The Balaban J connectivity index is 2.20. The number of carbonyl (C=O) groups is 1. The summed E-state index contributed by atoms with van der Waals surface area (Å²) in [6.45, 7) is 3.26. The lowest BCUT2D eigenvalue weighted by atomic mass is 10.2. The second-order valence-corrected chi connectivity index (χ2v) is 7.10. The number of likely N-dealkylation sites (tertiary alicyclic amines) is 1. The van der Waals surface area contributed by atoms with Crippen molar-refractivity contribution in [3.8, 4) is 0 Å². The third-order valence-corrected chi connectivity index (χ3v) is 4.60. The quantitative estimate of drug-likeness (QED) is 0.843. The van der Waals surface area contributed by atoms with E-state index in [-0.39, 0.29) is 12.5 Å². The minimum absolute atomic E-state index is 0.123. The molecule has 110 valence electrons.